The van der Waals surface area contributed by atoms with Crippen molar-refractivity contribution in [2.75, 3.05) is 46.9 Å². The van der Waals surface area contributed by atoms with Crippen molar-refractivity contribution in [3.63, 3.8) is 0 Å². The summed E-state index contributed by atoms with van der Waals surface area (Å²) in [6.45, 7) is 13.2. The Morgan fingerprint density at radius 2 is 1.37 bits per heavy atom. The molecular weight excluding hydrogens is 1510 g/mol. The second-order valence-corrected chi connectivity index (χ2v) is 31.3. The van der Waals surface area contributed by atoms with E-state index in [-0.39, 0.29) is 101 Å². The van der Waals surface area contributed by atoms with Gasteiger partial charge in [0.25, 0.3) is 15.6 Å². The van der Waals surface area contributed by atoms with Crippen molar-refractivity contribution >= 4 is 132 Å². The third kappa shape index (κ3) is 22.2. The average Bonchev–Trinajstić information content (AvgIpc) is 1.63. The summed E-state index contributed by atoms with van der Waals surface area (Å²) in [7, 11) is -4.22. The number of carbonyl (C=O) groups excluding carboxylic acids is 11. The maximum absolute atomic E-state index is 14.5. The minimum atomic E-state index is -4.22. The number of para-hydroxylation sites is 1. The minimum Gasteiger partial charge on any atom is -0.481 e. The first kappa shape index (κ1) is 85.9. The van der Waals surface area contributed by atoms with Crippen molar-refractivity contribution in [3.05, 3.63) is 142 Å². The molecule has 5 heterocycles. The number of aromatic nitrogens is 2. The van der Waals surface area contributed by atoms with Crippen LogP contribution in [-0.4, -0.2) is 161 Å². The molecule has 34 nitrogen and oxygen atoms in total. The molecule has 11 amide bonds. The number of sulfonamides is 1. The lowest BCUT2D eigenvalue weighted by molar-refractivity contribution is -0.191. The van der Waals surface area contributed by atoms with E-state index in [1.807, 2.05) is 51.1 Å². The van der Waals surface area contributed by atoms with Crippen LogP contribution >= 0.6 is 12.2 Å². The number of cyclic esters (lactones) is 1. The van der Waals surface area contributed by atoms with E-state index < -0.39 is 161 Å². The Kier molecular flexibility index (Phi) is 29.0. The van der Waals surface area contributed by atoms with Crippen LogP contribution in [0, 0.1) is 17.8 Å². The summed E-state index contributed by atoms with van der Waals surface area (Å²) in [5.74, 6) is -10.3. The Balaban J connectivity index is 0.745. The zero-order valence-corrected chi connectivity index (χ0v) is 66.0. The van der Waals surface area contributed by atoms with Gasteiger partial charge in [0.05, 0.1) is 65.9 Å². The Bertz CT molecular complexity index is 4860. The van der Waals surface area contributed by atoms with E-state index in [4.69, 9.17) is 32.4 Å². The number of primary amides is 1. The maximum Gasteiger partial charge on any atom is 0.355 e. The Morgan fingerprint density at radius 1 is 0.702 bits per heavy atom. The van der Waals surface area contributed by atoms with Crippen LogP contribution in [0.1, 0.15) is 141 Å². The lowest BCUT2D eigenvalue weighted by Gasteiger charge is -2.37. The molecule has 4 aromatic carbocycles. The van der Waals surface area contributed by atoms with Gasteiger partial charge >= 0.3 is 30.0 Å². The summed E-state index contributed by atoms with van der Waals surface area (Å²) in [6.07, 6.45) is 0.881. The molecule has 0 spiro atoms. The monoisotopic (exact) mass is 1610 g/mol. The number of benzene rings is 4. The van der Waals surface area contributed by atoms with Crippen LogP contribution in [0.25, 0.3) is 22.3 Å². The molecule has 114 heavy (non-hydrogen) atoms. The van der Waals surface area contributed by atoms with E-state index in [9.17, 15) is 75.9 Å². The molecule has 15 N–H and O–H groups in total. The zero-order chi connectivity index (χ0) is 82.9. The molecule has 9 rings (SSSR count). The van der Waals surface area contributed by atoms with Crippen LogP contribution in [0.4, 0.5) is 32.3 Å². The molecule has 1 unspecified atom stereocenters. The number of fused-ring (bicyclic) bond motifs is 5. The number of hydrogen-bond donors (Lipinski definition) is 14. The molecule has 0 radical (unpaired) electrons. The van der Waals surface area contributed by atoms with E-state index >= 15 is 0 Å². The Hall–Kier alpha value is -12.1. The normalized spacial score (nSPS) is 16.0. The summed E-state index contributed by atoms with van der Waals surface area (Å²) >= 11 is 5.48. The van der Waals surface area contributed by atoms with Crippen LogP contribution < -0.4 is 74.5 Å². The molecule has 2 aromatic heterocycles. The maximum atomic E-state index is 14.5. The number of likely N-dealkylation sites (tertiary alicyclic amines) is 1. The number of nitrogens with two attached hydrogens (primary N) is 1. The van der Waals surface area contributed by atoms with Crippen LogP contribution in [-0.2, 0) is 86.2 Å². The number of thiocarbonyl (C=S) groups is 1. The SMILES string of the molecule is CCCCNC(=O)Nc1cccc(S(=O)(=O)Nc2cccc(C(CC(=O)O)NC(=O)Nc3ccc(NC(=S)NCC(=O)N4CCC[C@@H]4C(=O)N[C@@H](CC(C)C)C(=O)NCC(=O)N[C@H](CC(C)C)C(=O)N[C@H](CC(N)=O)C(=O)N[C@@H](C(=O)O[C@@]4(CC)C(=O)OCc5c4cc4n(c5=O)Cc5cc6ccccc6nc5-4)C(C)C)cc3)c2)c1. The van der Waals surface area contributed by atoms with E-state index in [1.54, 1.807) is 52.8 Å². The molecule has 36 heteroatoms. The number of carboxylic acids is 1. The van der Waals surface area contributed by atoms with Crippen molar-refractivity contribution in [1.29, 1.82) is 0 Å². The van der Waals surface area contributed by atoms with Gasteiger partial charge in [-0.15, -0.1) is 0 Å². The zero-order valence-electron chi connectivity index (χ0n) is 64.3. The lowest BCUT2D eigenvalue weighted by Crippen LogP contribution is -2.59. The number of pyridine rings is 2. The topological polar surface area (TPSA) is 486 Å². The van der Waals surface area contributed by atoms with Gasteiger partial charge in [0.15, 0.2) is 5.11 Å². The first-order valence-corrected chi connectivity index (χ1v) is 39.4. The van der Waals surface area contributed by atoms with Gasteiger partial charge < -0.3 is 88.3 Å². The van der Waals surface area contributed by atoms with Gasteiger partial charge in [-0.2, -0.15) is 0 Å². The number of anilines is 4. The summed E-state index contributed by atoms with van der Waals surface area (Å²) < 4.78 is 42.6. The van der Waals surface area contributed by atoms with Gasteiger partial charge in [0.1, 0.15) is 36.8 Å². The number of esters is 2. The lowest BCUT2D eigenvalue weighted by atomic mass is 9.85. The summed E-state index contributed by atoms with van der Waals surface area (Å²) in [6, 6.07) is 19.3. The van der Waals surface area contributed by atoms with Crippen molar-refractivity contribution in [2.45, 2.75) is 173 Å². The molecular formula is C78H96N16O18S2. The second kappa shape index (κ2) is 38.4. The third-order valence-corrected chi connectivity index (χ3v) is 20.8. The van der Waals surface area contributed by atoms with Gasteiger partial charge in [-0.25, -0.2) is 32.6 Å². The number of amides is 11. The highest BCUT2D eigenvalue weighted by Crippen LogP contribution is 2.42. The predicted octanol–water partition coefficient (Wildman–Crippen LogP) is 5.35. The third-order valence-electron chi connectivity index (χ3n) is 19.2. The molecule has 6 aromatic rings. The molecule has 3 aliphatic heterocycles. The number of ether oxygens (including phenoxy) is 2. The fourth-order valence-corrected chi connectivity index (χ4v) is 14.7. The van der Waals surface area contributed by atoms with E-state index in [1.165, 1.54) is 70.1 Å². The van der Waals surface area contributed by atoms with Crippen molar-refractivity contribution < 1.29 is 80.5 Å². The van der Waals surface area contributed by atoms with E-state index in [0.717, 1.165) is 23.8 Å². The predicted molar refractivity (Wildman–Crippen MR) is 425 cm³/mol. The summed E-state index contributed by atoms with van der Waals surface area (Å²) in [4.78, 5) is 183. The summed E-state index contributed by atoms with van der Waals surface area (Å²) in [5.41, 5.74) is 6.74. The van der Waals surface area contributed by atoms with E-state index in [0.29, 0.717) is 35.6 Å². The standard InChI is InChI=1S/C78H96N16O18S2/c1-9-11-28-80-75(107)84-50-19-15-21-52(34-50)114(109,110)92-51-20-14-18-46(33-51)56(37-65(98)99)90-76(108)83-48-24-26-49(27-25-48)85-77(113)82-39-64(97)93-29-16-23-60(93)71(103)89-57(30-42(3)4)68(100)81-38-63(96)86-58(31-43(5)6)69(101)88-59(36-62(79)95)70(102)91-66(44(7)8)73(105)112-78(10-2)54-35-61-67-47(32-45-17-12-13-22-55(45)87-67)40-94(61)72(104)53(54)41-111-74(78)106/h12-15,17-22,24-27,32-35,42-44,56-60,66,92H,9-11,16,23,28-31,36-41H2,1-8H3,(H2,79,95)(H,81,100)(H,86,96)(H,88,101)(H,89,103)(H,91,102)(H,98,99)(H2,80,84,107)(H2,82,85,113)(H2,83,90,108)/t56?,57-,58+,59+,60+,66+,78+/m0/s1. The van der Waals surface area contributed by atoms with Crippen LogP contribution in [0.2, 0.25) is 0 Å². The molecule has 0 aliphatic carbocycles. The molecule has 3 aliphatic rings. The van der Waals surface area contributed by atoms with Crippen LogP contribution in [0.3, 0.4) is 0 Å². The molecule has 1 saturated heterocycles. The minimum absolute atomic E-state index is 0.0149. The van der Waals surface area contributed by atoms with Gasteiger partial charge in [0.2, 0.25) is 47.0 Å². The van der Waals surface area contributed by atoms with Crippen LogP contribution in [0.15, 0.2) is 119 Å². The highest BCUT2D eigenvalue weighted by Gasteiger charge is 2.52. The van der Waals surface area contributed by atoms with E-state index in [2.05, 4.69) is 63.2 Å². The Labute approximate surface area is 663 Å². The smallest absolute Gasteiger partial charge is 0.355 e. The van der Waals surface area contributed by atoms with Gasteiger partial charge in [-0.05, 0) is 147 Å². The second-order valence-electron chi connectivity index (χ2n) is 29.2. The first-order valence-electron chi connectivity index (χ1n) is 37.5. The molecule has 0 saturated carbocycles. The van der Waals surface area contributed by atoms with Gasteiger partial charge in [-0.3, -0.25) is 47.9 Å². The number of aliphatic carboxylic acids is 1. The fourth-order valence-electron chi connectivity index (χ4n) is 13.4. The fraction of sp³-hybridized carbons (Fsp3) is 0.423. The highest BCUT2D eigenvalue weighted by atomic mass is 32.2. The number of carboxylic acid groups (broad SMARTS) is 1. The first-order chi connectivity index (χ1) is 54.1. The number of nitrogens with zero attached hydrogens (tertiary/aromatic N) is 3. The number of hydrogen-bond acceptors (Lipinski definition) is 19. The quantitative estimate of drug-likeness (QED) is 0.0135. The van der Waals surface area contributed by atoms with Gasteiger partial charge in [-0.1, -0.05) is 98.2 Å². The van der Waals surface area contributed by atoms with Crippen molar-refractivity contribution in [3.8, 4) is 11.4 Å². The number of unbranched alkanes of at least 4 members (excludes halogenated alkanes) is 1. The summed E-state index contributed by atoms with van der Waals surface area (Å²) in [5, 5.41) is 39.9. The number of urea groups is 2. The number of rotatable bonds is 35. The molecule has 7 atom stereocenters. The number of carbonyl (C=O) groups is 12. The Morgan fingerprint density at radius 3 is 2.04 bits per heavy atom. The molecule has 608 valence electrons. The molecule has 0 bridgehead atoms. The molecule has 1 fully saturated rings. The largest absolute Gasteiger partial charge is 0.481 e. The van der Waals surface area contributed by atoms with Crippen LogP contribution in [0.5, 0.6) is 0 Å². The van der Waals surface area contributed by atoms with Gasteiger partial charge in [0, 0.05) is 52.4 Å². The number of nitrogens with one attached hydrogen (secondary N) is 12. The highest BCUT2D eigenvalue weighted by molar-refractivity contribution is 7.92. The van der Waals surface area contributed by atoms with Crippen molar-refractivity contribution in [2.24, 2.45) is 23.5 Å². The average molecular weight is 1610 g/mol. The van der Waals surface area contributed by atoms with Crippen molar-refractivity contribution in [1.82, 2.24) is 57.0 Å².